The number of pyridine rings is 4. The number of ether oxygens (including phenoxy) is 6. The van der Waals surface area contributed by atoms with Crippen molar-refractivity contribution in [3.63, 3.8) is 0 Å². The van der Waals surface area contributed by atoms with Gasteiger partial charge in [0.1, 0.15) is 64.7 Å². The summed E-state index contributed by atoms with van der Waals surface area (Å²) in [5.74, 6) is -2.55. The number of nitrogens with zero attached hydrogens (tertiary/aromatic N) is 5. The number of para-hydroxylation sites is 2. The summed E-state index contributed by atoms with van der Waals surface area (Å²) in [6.07, 6.45) is 0. The molecule has 10 rings (SSSR count). The minimum Gasteiger partial charge on any atom is -0.493 e. The Kier molecular flexibility index (Phi) is 22.9. The molecule has 512 valence electrons. The van der Waals surface area contributed by atoms with Crippen LogP contribution in [0.4, 0.5) is 14.6 Å². The predicted octanol–water partition coefficient (Wildman–Crippen LogP) is 15.8. The van der Waals surface area contributed by atoms with Crippen LogP contribution in [-0.4, -0.2) is 66.7 Å². The van der Waals surface area contributed by atoms with Gasteiger partial charge in [-0.1, -0.05) is 125 Å². The minimum absolute atomic E-state index is 0. The average molecular weight is 1380 g/mol. The Hall–Kier alpha value is -11.2. The quantitative estimate of drug-likeness (QED) is 0.0397. The lowest BCUT2D eigenvalue weighted by Crippen LogP contribution is -2.31. The van der Waals surface area contributed by atoms with Gasteiger partial charge in [-0.3, -0.25) is 9.59 Å². The van der Waals surface area contributed by atoms with Gasteiger partial charge in [-0.25, -0.2) is 33.2 Å². The summed E-state index contributed by atoms with van der Waals surface area (Å²) in [6.45, 7) is 17.7. The van der Waals surface area contributed by atoms with E-state index in [1.165, 1.54) is 60.7 Å². The van der Waals surface area contributed by atoms with Crippen molar-refractivity contribution in [2.45, 2.75) is 85.6 Å². The molecule has 2 amide bonds. The van der Waals surface area contributed by atoms with Crippen LogP contribution in [0.3, 0.4) is 0 Å². The number of hydrogen-bond donors (Lipinski definition) is 2. The zero-order chi connectivity index (χ0) is 70.4. The van der Waals surface area contributed by atoms with Crippen LogP contribution < -0.4 is 37.9 Å². The zero-order valence-corrected chi connectivity index (χ0v) is 56.5. The van der Waals surface area contributed by atoms with E-state index >= 15 is 0 Å². The second kappa shape index (κ2) is 31.6. The summed E-state index contributed by atoms with van der Waals surface area (Å²) in [4.78, 5) is 55.0. The van der Waals surface area contributed by atoms with E-state index in [0.717, 1.165) is 34.4 Å². The molecule has 4 heterocycles. The van der Waals surface area contributed by atoms with Crippen LogP contribution in [0.5, 0.6) is 46.3 Å². The number of sulfonamides is 2. The van der Waals surface area contributed by atoms with Crippen LogP contribution in [0.15, 0.2) is 192 Å². The smallest absolute Gasteiger partial charge is 0.407 e. The van der Waals surface area contributed by atoms with Crippen LogP contribution >= 0.6 is 0 Å². The van der Waals surface area contributed by atoms with Crippen molar-refractivity contribution in [3.8, 4) is 68.8 Å². The lowest BCUT2D eigenvalue weighted by molar-refractivity contribution is -0.391. The fourth-order valence-electron chi connectivity index (χ4n) is 9.50. The highest BCUT2D eigenvalue weighted by molar-refractivity contribution is 7.90. The Balaban J connectivity index is 0.000000309. The van der Waals surface area contributed by atoms with Crippen molar-refractivity contribution in [1.82, 2.24) is 29.4 Å². The molecule has 4 aromatic heterocycles. The van der Waals surface area contributed by atoms with Gasteiger partial charge in [0, 0.05) is 33.6 Å². The van der Waals surface area contributed by atoms with Crippen LogP contribution in [-0.2, 0) is 33.3 Å². The molecule has 0 aliphatic carbocycles. The van der Waals surface area contributed by atoms with Crippen LogP contribution in [0.25, 0.3) is 22.5 Å². The molecule has 2 N–H and O–H groups in total. The molecule has 0 spiro atoms. The van der Waals surface area contributed by atoms with Gasteiger partial charge < -0.3 is 38.5 Å². The fraction of sp³-hybridized carbons (Fsp3) is 0.205. The lowest BCUT2D eigenvalue weighted by Gasteiger charge is -2.16. The molecule has 21 nitrogen and oxygen atoms in total. The van der Waals surface area contributed by atoms with Gasteiger partial charge in [-0.2, -0.15) is 16.8 Å². The third kappa shape index (κ3) is 18.6. The van der Waals surface area contributed by atoms with Gasteiger partial charge in [-0.05, 0) is 156 Å². The van der Waals surface area contributed by atoms with Crippen molar-refractivity contribution in [2.24, 2.45) is 11.8 Å². The summed E-state index contributed by atoms with van der Waals surface area (Å²) in [5, 5.41) is 10.7. The molecular formula is C73H75F2N7O14S2. The van der Waals surface area contributed by atoms with E-state index in [2.05, 4.69) is 24.7 Å². The third-order valence-corrected chi connectivity index (χ3v) is 16.9. The second-order valence-corrected chi connectivity index (χ2v) is 26.6. The highest BCUT2D eigenvalue weighted by Gasteiger charge is 2.32. The lowest BCUT2D eigenvalue weighted by atomic mass is 10.1. The van der Waals surface area contributed by atoms with Crippen LogP contribution in [0, 0.1) is 68.2 Å². The molecule has 10 aromatic rings. The van der Waals surface area contributed by atoms with Gasteiger partial charge >= 0.3 is 15.8 Å². The Bertz CT molecular complexity index is 4800. The monoisotopic (exact) mass is 1380 g/mol. The maximum Gasteiger partial charge on any atom is 0.407 e. The number of nitro groups is 1. The molecule has 0 saturated heterocycles. The largest absolute Gasteiger partial charge is 0.493 e. The topological polar surface area (TPSA) is 277 Å². The van der Waals surface area contributed by atoms with E-state index in [-0.39, 0.29) is 80.1 Å². The average Bonchev–Trinajstić information content (AvgIpc) is 0.788. The highest BCUT2D eigenvalue weighted by Crippen LogP contribution is 2.36. The van der Waals surface area contributed by atoms with Gasteiger partial charge in [0.15, 0.2) is 5.03 Å². The van der Waals surface area contributed by atoms with Crippen molar-refractivity contribution >= 4 is 37.7 Å². The first kappa shape index (κ1) is 71.1. The summed E-state index contributed by atoms with van der Waals surface area (Å²) in [7, 11) is -9.18. The van der Waals surface area contributed by atoms with Crippen molar-refractivity contribution < 1.29 is 72.8 Å². The normalized spacial score (nSPS) is 11.3. The molecular weight excluding hydrogens is 1300 g/mol. The first-order valence-corrected chi connectivity index (χ1v) is 33.7. The number of aryl methyl sites for hydroxylation is 5. The van der Waals surface area contributed by atoms with E-state index in [1.54, 1.807) is 75.4 Å². The minimum atomic E-state index is -4.76. The van der Waals surface area contributed by atoms with Crippen LogP contribution in [0.2, 0.25) is 0 Å². The molecule has 6 aromatic carbocycles. The van der Waals surface area contributed by atoms with E-state index in [1.807, 2.05) is 101 Å². The van der Waals surface area contributed by atoms with E-state index in [4.69, 9.17) is 28.4 Å². The number of halogens is 2. The molecule has 25 heteroatoms. The Labute approximate surface area is 570 Å². The number of carbonyl (C=O) groups excluding carboxylic acids is 2. The Morgan fingerprint density at radius 3 is 1.29 bits per heavy atom. The van der Waals surface area contributed by atoms with E-state index < -0.39 is 59.3 Å². The molecule has 98 heavy (non-hydrogen) atoms. The molecule has 0 atom stereocenters. The number of carbonyl (C=O) groups is 2. The molecule has 0 unspecified atom stereocenters. The summed E-state index contributed by atoms with van der Waals surface area (Å²) < 4.78 is 122. The Morgan fingerprint density at radius 2 is 0.888 bits per heavy atom. The number of amides is 2. The third-order valence-electron chi connectivity index (χ3n) is 14.4. The SMILES string of the molecule is Cc1cccc(C)c1Oc1nc(-c2cc(F)cc(OCC(C)C)c2)ccc1C(=O)NS(=O)(=O)c1ccc(OCc2ccccc2)c(C)n1.Cc1cccc(C)c1Oc1nc(-c2cc(F)cc(OCC(C)C)c2)ccc1C(=O)NS(=O)(=O)c1ccc(OCc2ccccc2)c([N+](=O)[O-])n1.[HH].[HH].[HH]. The fourth-order valence-corrected chi connectivity index (χ4v) is 11.4. The van der Waals surface area contributed by atoms with Gasteiger partial charge in [0.05, 0.1) is 30.3 Å². The number of nitrogens with one attached hydrogen (secondary N) is 2. The number of rotatable bonds is 25. The number of hydrogen-bond acceptors (Lipinski definition) is 18. The van der Waals surface area contributed by atoms with E-state index in [9.17, 15) is 45.3 Å². The van der Waals surface area contributed by atoms with E-state index in [0.29, 0.717) is 64.2 Å². The van der Waals surface area contributed by atoms with Gasteiger partial charge in [0.2, 0.25) is 17.5 Å². The summed E-state index contributed by atoms with van der Waals surface area (Å²) in [5.41, 5.74) is 5.70. The molecule has 0 fully saturated rings. The van der Waals surface area contributed by atoms with Gasteiger partial charge in [-0.15, -0.1) is 0 Å². The maximum absolute atomic E-state index is 14.6. The standard InChI is InChI=1S/C37H36FN3O6S.C36H33FN4O8S.3H2/c1-23(2)21-45-30-19-28(18-29(38)20-30)32-15-14-31(37(40-32)47-35-24(3)10-9-11-25(35)4)36(42)41-48(43,44)34-17-16-33(26(5)39-34)46-22-27-12-7-6-8-13-27;1-22(2)20-47-28-18-26(17-27(37)19-28)30-14-13-29(36(38-30)49-33-23(3)9-8-10-24(33)4)35(42)40-50(45,46)32-16-15-31(34(39-32)41(43)44)48-21-25-11-6-5-7-12-25;;;/h6-20,23H,21-22H2,1-5H3,(H,41,42);5-19,22H,20-21H2,1-4H3,(H,40,42);3*1H. The van der Waals surface area contributed by atoms with Crippen LogP contribution in [0.1, 0.15) is 91.8 Å². The zero-order valence-electron chi connectivity index (χ0n) is 54.8. The van der Waals surface area contributed by atoms with Crippen molar-refractivity contribution in [1.29, 1.82) is 0 Å². The second-order valence-electron chi connectivity index (χ2n) is 23.4. The molecule has 0 saturated carbocycles. The maximum atomic E-state index is 14.6. The first-order valence-electron chi connectivity index (χ1n) is 30.7. The summed E-state index contributed by atoms with van der Waals surface area (Å²) >= 11 is 0. The molecule has 0 aliphatic heterocycles. The predicted molar refractivity (Wildman–Crippen MR) is 369 cm³/mol. The number of benzene rings is 6. The van der Waals surface area contributed by atoms with Gasteiger partial charge in [0.25, 0.3) is 26.9 Å². The summed E-state index contributed by atoms with van der Waals surface area (Å²) in [6, 6.07) is 48.0. The van der Waals surface area contributed by atoms with Crippen molar-refractivity contribution in [3.05, 3.63) is 254 Å². The number of aromatic nitrogens is 4. The first-order chi connectivity index (χ1) is 46.7. The van der Waals surface area contributed by atoms with Crippen molar-refractivity contribution in [2.75, 3.05) is 13.2 Å². The Morgan fingerprint density at radius 1 is 0.490 bits per heavy atom. The molecule has 0 aliphatic rings. The molecule has 0 bridgehead atoms. The highest BCUT2D eigenvalue weighted by atomic mass is 32.2. The molecule has 0 radical (unpaired) electrons.